The second kappa shape index (κ2) is 14.2. The molecule has 0 aromatic carbocycles. The van der Waals surface area contributed by atoms with Gasteiger partial charge in [0.15, 0.2) is 37.2 Å². The summed E-state index contributed by atoms with van der Waals surface area (Å²) >= 11 is 0. The number of guanidine groups is 1. The van der Waals surface area contributed by atoms with Gasteiger partial charge in [-0.05, 0) is 0 Å². The summed E-state index contributed by atoms with van der Waals surface area (Å²) in [5.74, 6) is -3.52. The van der Waals surface area contributed by atoms with Crippen LogP contribution in [0.15, 0.2) is 27.6 Å². The molecule has 28 nitrogen and oxygen atoms in total. The molecule has 13 atom stereocenters. The Labute approximate surface area is 298 Å². The van der Waals surface area contributed by atoms with Crippen LogP contribution in [0.4, 0.5) is 5.95 Å². The highest BCUT2D eigenvalue weighted by Crippen LogP contribution is 2.64. The van der Waals surface area contributed by atoms with Gasteiger partial charge in [0.1, 0.15) is 48.3 Å². The number of methoxy groups -OCH3 is 1. The number of nitrogens with one attached hydrogen (secondary N) is 2. The smallest absolute Gasteiger partial charge is 0.280 e. The second-order valence-corrected chi connectivity index (χ2v) is 16.8. The minimum Gasteiger partial charge on any atom is -0.830 e. The number of nitrogens with zero attached hydrogens (tertiary/aromatic N) is 6. The highest BCUT2D eigenvalue weighted by Gasteiger charge is 2.54. The summed E-state index contributed by atoms with van der Waals surface area (Å²) in [6.07, 6.45) is -14.7. The zero-order chi connectivity index (χ0) is 38.9. The number of phosphoric ester groups is 1. The predicted molar refractivity (Wildman–Crippen MR) is 165 cm³/mol. The Kier molecular flexibility index (Phi) is 10.6. The summed E-state index contributed by atoms with van der Waals surface area (Å²) in [5.41, 5.74) is 10.1. The molecule has 2 aromatic rings. The molecule has 10 N–H and O–H groups in total. The van der Waals surface area contributed by atoms with Gasteiger partial charge in [0.2, 0.25) is 5.95 Å². The molecule has 0 radical (unpaired) electrons. The molecular formula is C22H35N10O18P3-4. The fourth-order valence-corrected chi connectivity index (χ4v) is 10.0. The molecule has 2 fully saturated rings. The molecule has 300 valence electrons. The molecule has 0 spiro atoms. The second-order valence-electron chi connectivity index (χ2n) is 11.8. The number of hydrogen-bond donors (Lipinski definition) is 8. The van der Waals surface area contributed by atoms with Crippen LogP contribution in [0.3, 0.4) is 0 Å². The van der Waals surface area contributed by atoms with E-state index in [4.69, 9.17) is 25.7 Å². The van der Waals surface area contributed by atoms with Crippen molar-refractivity contribution in [1.82, 2.24) is 34.6 Å². The van der Waals surface area contributed by atoms with Crippen molar-refractivity contribution in [2.45, 2.75) is 61.2 Å². The Bertz CT molecular complexity index is 2030. The Balaban J connectivity index is 0.00000336. The Hall–Kier alpha value is -3.11. The highest BCUT2D eigenvalue weighted by atomic mass is 31.3. The molecule has 0 bridgehead atoms. The first-order valence-electron chi connectivity index (χ1n) is 14.9. The Morgan fingerprint density at radius 2 is 1.79 bits per heavy atom. The number of likely N-dealkylation sites (N-methyl/N-ethyl adjacent to an activating group) is 1. The number of aliphatic hydroxyl groups excluding tert-OH is 4. The fourth-order valence-electron chi connectivity index (χ4n) is 6.06. The van der Waals surface area contributed by atoms with Gasteiger partial charge in [0.25, 0.3) is 21.2 Å². The molecule has 0 aliphatic carbocycles. The van der Waals surface area contributed by atoms with Crippen molar-refractivity contribution >= 4 is 46.3 Å². The number of nitrogen functional groups attached to an aromatic ring is 1. The summed E-state index contributed by atoms with van der Waals surface area (Å²) in [6.45, 7) is -1.35. The van der Waals surface area contributed by atoms with Gasteiger partial charge >= 0.3 is 0 Å². The third-order valence-corrected chi connectivity index (χ3v) is 13.1. The van der Waals surface area contributed by atoms with Crippen molar-refractivity contribution in [3.63, 3.8) is 0 Å². The number of ether oxygens (including phenoxy) is 3. The average molecular weight is 820 g/mol. The van der Waals surface area contributed by atoms with Gasteiger partial charge in [0.05, 0.1) is 25.3 Å². The van der Waals surface area contributed by atoms with Crippen LogP contribution in [0.5, 0.6) is 0 Å². The van der Waals surface area contributed by atoms with Crippen LogP contribution in [-0.2, 0) is 41.1 Å². The zero-order valence-electron chi connectivity index (χ0n) is 26.9. The van der Waals surface area contributed by atoms with Gasteiger partial charge in [0, 0.05) is 23.2 Å². The molecule has 2 saturated heterocycles. The Morgan fingerprint density at radius 1 is 1.09 bits per heavy atom. The number of H-pyrrole nitrogens is 1. The minimum atomic E-state index is -6.49. The number of aliphatic imine (C=N–C) groups is 1. The molecular weight excluding hydrogens is 785 g/mol. The number of imidazole rings is 1. The van der Waals surface area contributed by atoms with Crippen LogP contribution in [0.1, 0.15) is 9.08 Å². The van der Waals surface area contributed by atoms with Crippen molar-refractivity contribution in [1.29, 1.82) is 0 Å². The van der Waals surface area contributed by atoms with Crippen LogP contribution in [0.2, 0.25) is 0 Å². The predicted octanol–water partition coefficient (Wildman–Crippen LogP) is -7.25. The van der Waals surface area contributed by atoms with Crippen molar-refractivity contribution < 1.29 is 84.1 Å². The van der Waals surface area contributed by atoms with Crippen molar-refractivity contribution in [2.75, 3.05) is 33.2 Å². The van der Waals surface area contributed by atoms with Gasteiger partial charge in [-0.15, -0.1) is 0 Å². The van der Waals surface area contributed by atoms with Gasteiger partial charge in [-0.25, -0.2) is 9.29 Å². The van der Waals surface area contributed by atoms with E-state index in [-0.39, 0.29) is 44.1 Å². The number of aromatic amines is 1. The van der Waals surface area contributed by atoms with Crippen molar-refractivity contribution in [2.24, 2.45) is 10.7 Å². The lowest BCUT2D eigenvalue weighted by Crippen LogP contribution is -2.49. The summed E-state index contributed by atoms with van der Waals surface area (Å²) in [5, 5.41) is 57.8. The summed E-state index contributed by atoms with van der Waals surface area (Å²) in [6, 6.07) is 0. The molecule has 53 heavy (non-hydrogen) atoms. The molecule has 0 saturated carbocycles. The number of rotatable bonds is 12. The van der Waals surface area contributed by atoms with E-state index in [9.17, 15) is 58.7 Å². The van der Waals surface area contributed by atoms with E-state index < -0.39 is 96.6 Å². The van der Waals surface area contributed by atoms with Gasteiger partial charge in [-0.2, -0.15) is 4.98 Å². The third-order valence-electron chi connectivity index (χ3n) is 8.36. The maximum absolute atomic E-state index is 12.9. The lowest BCUT2D eigenvalue weighted by atomic mass is 10.1. The number of nitrogens with two attached hydrogens (primary N) is 2. The first-order valence-corrected chi connectivity index (χ1v) is 19.4. The van der Waals surface area contributed by atoms with E-state index in [2.05, 4.69) is 38.4 Å². The molecule has 31 heteroatoms. The van der Waals surface area contributed by atoms with Crippen LogP contribution < -0.4 is 42.1 Å². The maximum Gasteiger partial charge on any atom is 0.280 e. The van der Waals surface area contributed by atoms with Gasteiger partial charge in [-0.1, -0.05) is 0 Å². The van der Waals surface area contributed by atoms with Crippen LogP contribution in [0, 0.1) is 0 Å². The monoisotopic (exact) mass is 820 g/mol. The number of anilines is 1. The number of hydrogen-bond acceptors (Lipinski definition) is 26. The SMILES string of the molecule is CO[C@H]1C(O)[C@@H](N2CN(C)C3=C2NC(N)=NC3[O-])O[C@H]1C(O)P(=O)([O-])OP(=O)([O-])OP(=O)([O-])OC[C@H]1O[C@@H](n2cnc3c(=O)[nH]c(N)nc32)[C@@H](O)C1O.[HH].[HH]. The normalized spacial score (nSPS) is 34.4. The molecule has 6 heterocycles. The first-order chi connectivity index (χ1) is 24.6. The van der Waals surface area contributed by atoms with E-state index in [0.717, 1.165) is 18.0 Å². The minimum absolute atomic E-state index is 0. The zero-order valence-corrected chi connectivity index (χ0v) is 29.6. The van der Waals surface area contributed by atoms with Gasteiger partial charge < -0.3 is 90.1 Å². The quantitative estimate of drug-likeness (QED) is 0.0922. The third kappa shape index (κ3) is 7.48. The summed E-state index contributed by atoms with van der Waals surface area (Å²) < 4.78 is 67.2. The standard InChI is InChI=1S/C22H34N10O18P3.2H2/c1-30-5-32(15-8(30)17(37)29-22(24)27-15)19-11(35)12(45-2)13(48-19)20(38)51(39,40)49-53(43,44)50-52(41,42)46-3-6-9(33)10(34)18(47-6)31-4-25-7-14(31)26-21(23)28-16(7)36;;/h4,6,9-13,17-20,33-35,38H,3,5H2,1-2H3,(H,39,40)(H,41,42)(H,43,44)(H3,24,27,29)(H3,23,26,28,36);2*1H/q-1;;/p-3/t6-,9?,10+,11?,12+,13-,17?,18-,19+,20?;;/m1../s1. The first kappa shape index (κ1) is 39.6. The van der Waals surface area contributed by atoms with Crippen LogP contribution >= 0.6 is 23.2 Å². The summed E-state index contributed by atoms with van der Waals surface area (Å²) in [4.78, 5) is 66.2. The fraction of sp³-hybridized carbons (Fsp3) is 0.636. The van der Waals surface area contributed by atoms with E-state index in [1.165, 1.54) is 16.8 Å². The molecule has 4 aliphatic rings. The number of aliphatic hydroxyl groups is 4. The Morgan fingerprint density at radius 3 is 2.47 bits per heavy atom. The lowest BCUT2D eigenvalue weighted by molar-refractivity contribution is -0.407. The molecule has 2 aromatic heterocycles. The molecule has 6 rings (SSSR count). The van der Waals surface area contributed by atoms with E-state index in [1.54, 1.807) is 0 Å². The lowest BCUT2D eigenvalue weighted by Gasteiger charge is -2.38. The largest absolute Gasteiger partial charge is 0.830 e. The van der Waals surface area contributed by atoms with Crippen LogP contribution in [0.25, 0.3) is 11.2 Å². The number of aromatic nitrogens is 4. The molecule has 4 aliphatic heterocycles. The van der Waals surface area contributed by atoms with Crippen molar-refractivity contribution in [3.05, 3.63) is 28.2 Å². The van der Waals surface area contributed by atoms with E-state index >= 15 is 0 Å². The highest BCUT2D eigenvalue weighted by molar-refractivity contribution is 7.67. The molecule has 7 unspecified atom stereocenters. The van der Waals surface area contributed by atoms with Crippen LogP contribution in [-0.4, -0.2) is 138 Å². The van der Waals surface area contributed by atoms with E-state index in [0.29, 0.717) is 0 Å². The topological polar surface area (TPSA) is 426 Å². The number of phosphoric acid groups is 2. The average Bonchev–Trinajstić information content (AvgIpc) is 3.77. The van der Waals surface area contributed by atoms with Gasteiger partial charge in [-0.3, -0.25) is 32.8 Å². The molecule has 0 amide bonds. The maximum atomic E-state index is 12.9. The summed E-state index contributed by atoms with van der Waals surface area (Å²) in [7, 11) is -16.3. The van der Waals surface area contributed by atoms with E-state index in [1.807, 2.05) is 0 Å². The number of fused-ring (bicyclic) bond motifs is 1. The van der Waals surface area contributed by atoms with Crippen molar-refractivity contribution in [3.8, 4) is 0 Å².